The Morgan fingerprint density at radius 1 is 1.17 bits per heavy atom. The second-order valence-corrected chi connectivity index (χ2v) is 6.15. The van der Waals surface area contributed by atoms with Gasteiger partial charge >= 0.3 is 11.9 Å². The van der Waals surface area contributed by atoms with E-state index in [-0.39, 0.29) is 17.6 Å². The zero-order chi connectivity index (χ0) is 17.9. The Bertz CT molecular complexity index is 644. The number of methoxy groups -OCH3 is 1. The quantitative estimate of drug-likeness (QED) is 0.802. The molecule has 0 spiro atoms. The second kappa shape index (κ2) is 7.51. The van der Waals surface area contributed by atoms with Gasteiger partial charge in [-0.2, -0.15) is 0 Å². The van der Waals surface area contributed by atoms with Gasteiger partial charge in [0.25, 0.3) is 5.91 Å². The SMILES string of the molecule is COC(=O)c1c(C)[nH]c(C(=O)O[C@H](C)C(=O)NC2CCCC2)c1C. The van der Waals surface area contributed by atoms with Crippen LogP contribution < -0.4 is 5.32 Å². The Labute approximate surface area is 141 Å². The molecule has 1 aromatic rings. The minimum absolute atomic E-state index is 0.161. The van der Waals surface area contributed by atoms with Crippen molar-refractivity contribution in [2.45, 2.75) is 58.6 Å². The molecule has 0 unspecified atom stereocenters. The van der Waals surface area contributed by atoms with Crippen molar-refractivity contribution in [1.82, 2.24) is 10.3 Å². The van der Waals surface area contributed by atoms with E-state index in [1.165, 1.54) is 14.0 Å². The number of H-pyrrole nitrogens is 1. The van der Waals surface area contributed by atoms with E-state index in [1.807, 2.05) is 0 Å². The van der Waals surface area contributed by atoms with Crippen LogP contribution >= 0.6 is 0 Å². The molecule has 0 aliphatic heterocycles. The van der Waals surface area contributed by atoms with Crippen LogP contribution in [-0.2, 0) is 14.3 Å². The number of nitrogens with one attached hydrogen (secondary N) is 2. The van der Waals surface area contributed by atoms with Crippen LogP contribution in [0.5, 0.6) is 0 Å². The molecule has 1 aliphatic rings. The van der Waals surface area contributed by atoms with Crippen LogP contribution in [0.1, 0.15) is 64.7 Å². The largest absolute Gasteiger partial charge is 0.465 e. The maximum absolute atomic E-state index is 12.3. The summed E-state index contributed by atoms with van der Waals surface area (Å²) in [5.41, 5.74) is 1.45. The van der Waals surface area contributed by atoms with Gasteiger partial charge in [-0.15, -0.1) is 0 Å². The van der Waals surface area contributed by atoms with E-state index in [0.717, 1.165) is 25.7 Å². The molecule has 1 fully saturated rings. The minimum atomic E-state index is -0.900. The third kappa shape index (κ3) is 3.77. The summed E-state index contributed by atoms with van der Waals surface area (Å²) in [5.74, 6) is -1.49. The summed E-state index contributed by atoms with van der Waals surface area (Å²) < 4.78 is 9.95. The molecule has 0 radical (unpaired) electrons. The Kier molecular flexibility index (Phi) is 5.64. The highest BCUT2D eigenvalue weighted by atomic mass is 16.5. The van der Waals surface area contributed by atoms with E-state index in [4.69, 9.17) is 9.47 Å². The van der Waals surface area contributed by atoms with Crippen LogP contribution in [0, 0.1) is 13.8 Å². The van der Waals surface area contributed by atoms with E-state index in [1.54, 1.807) is 13.8 Å². The summed E-state index contributed by atoms with van der Waals surface area (Å²) in [4.78, 5) is 39.0. The van der Waals surface area contributed by atoms with Gasteiger partial charge in [0, 0.05) is 11.7 Å². The van der Waals surface area contributed by atoms with Crippen LogP contribution in [0.2, 0.25) is 0 Å². The summed E-state index contributed by atoms with van der Waals surface area (Å²) in [7, 11) is 1.28. The van der Waals surface area contributed by atoms with Gasteiger partial charge in [0.2, 0.25) is 0 Å². The number of amides is 1. The molecule has 2 N–H and O–H groups in total. The number of rotatable bonds is 5. The van der Waals surface area contributed by atoms with Crippen molar-refractivity contribution >= 4 is 17.8 Å². The Morgan fingerprint density at radius 3 is 2.38 bits per heavy atom. The van der Waals surface area contributed by atoms with Gasteiger partial charge in [0.15, 0.2) is 6.10 Å². The summed E-state index contributed by atoms with van der Waals surface area (Å²) in [6.45, 7) is 4.84. The van der Waals surface area contributed by atoms with Crippen LogP contribution in [-0.4, -0.2) is 42.1 Å². The highest BCUT2D eigenvalue weighted by molar-refractivity contribution is 5.99. The molecular weight excluding hydrogens is 312 g/mol. The first-order chi connectivity index (χ1) is 11.3. The van der Waals surface area contributed by atoms with Gasteiger partial charge in [-0.3, -0.25) is 4.79 Å². The number of ether oxygens (including phenoxy) is 2. The average Bonchev–Trinajstić information content (AvgIpc) is 3.14. The molecular formula is C17H24N2O5. The Morgan fingerprint density at radius 2 is 1.79 bits per heavy atom. The fraction of sp³-hybridized carbons (Fsp3) is 0.588. The lowest BCUT2D eigenvalue weighted by atomic mass is 10.1. The highest BCUT2D eigenvalue weighted by Crippen LogP contribution is 2.20. The van der Waals surface area contributed by atoms with E-state index in [0.29, 0.717) is 16.8 Å². The summed E-state index contributed by atoms with van der Waals surface area (Å²) in [5, 5.41) is 2.89. The molecule has 1 aromatic heterocycles. The number of hydrogen-bond donors (Lipinski definition) is 2. The number of carbonyl (C=O) groups excluding carboxylic acids is 3. The van der Waals surface area contributed by atoms with Crippen molar-refractivity contribution in [1.29, 1.82) is 0 Å². The van der Waals surface area contributed by atoms with Gasteiger partial charge in [0.05, 0.1) is 12.7 Å². The van der Waals surface area contributed by atoms with Gasteiger partial charge < -0.3 is 19.8 Å². The lowest BCUT2D eigenvalue weighted by Crippen LogP contribution is -2.40. The second-order valence-electron chi connectivity index (χ2n) is 6.15. The molecule has 1 amide bonds. The first-order valence-electron chi connectivity index (χ1n) is 8.14. The summed E-state index contributed by atoms with van der Waals surface area (Å²) >= 11 is 0. The molecule has 0 aromatic carbocycles. The molecule has 1 atom stereocenters. The summed E-state index contributed by atoms with van der Waals surface area (Å²) in [6, 6.07) is 0.166. The molecule has 2 rings (SSSR count). The van der Waals surface area contributed by atoms with Gasteiger partial charge in [-0.1, -0.05) is 12.8 Å². The normalized spacial score (nSPS) is 15.8. The minimum Gasteiger partial charge on any atom is -0.465 e. The zero-order valence-electron chi connectivity index (χ0n) is 14.5. The van der Waals surface area contributed by atoms with Crippen LogP contribution in [0.25, 0.3) is 0 Å². The van der Waals surface area contributed by atoms with Crippen molar-refractivity contribution in [3.63, 3.8) is 0 Å². The van der Waals surface area contributed by atoms with Crippen LogP contribution in [0.4, 0.5) is 0 Å². The summed E-state index contributed by atoms with van der Waals surface area (Å²) in [6.07, 6.45) is 3.24. The zero-order valence-corrected chi connectivity index (χ0v) is 14.5. The number of aromatic nitrogens is 1. The maximum Gasteiger partial charge on any atom is 0.355 e. The van der Waals surface area contributed by atoms with E-state index < -0.39 is 18.0 Å². The fourth-order valence-corrected chi connectivity index (χ4v) is 3.02. The van der Waals surface area contributed by atoms with Gasteiger partial charge in [0.1, 0.15) is 5.69 Å². The number of aromatic amines is 1. The van der Waals surface area contributed by atoms with Crippen molar-refractivity contribution in [3.8, 4) is 0 Å². The first kappa shape index (κ1) is 18.0. The van der Waals surface area contributed by atoms with E-state index >= 15 is 0 Å². The molecule has 1 heterocycles. The molecule has 7 heteroatoms. The number of carbonyl (C=O) groups is 3. The Hall–Kier alpha value is -2.31. The Balaban J connectivity index is 2.03. The topological polar surface area (TPSA) is 97.5 Å². The van der Waals surface area contributed by atoms with E-state index in [2.05, 4.69) is 10.3 Å². The first-order valence-corrected chi connectivity index (χ1v) is 8.14. The average molecular weight is 336 g/mol. The van der Waals surface area contributed by atoms with Crippen LogP contribution in [0.15, 0.2) is 0 Å². The lowest BCUT2D eigenvalue weighted by Gasteiger charge is -2.17. The van der Waals surface area contributed by atoms with Gasteiger partial charge in [-0.25, -0.2) is 9.59 Å². The highest BCUT2D eigenvalue weighted by Gasteiger charge is 2.27. The number of esters is 2. The molecule has 24 heavy (non-hydrogen) atoms. The van der Waals surface area contributed by atoms with Crippen molar-refractivity contribution in [2.24, 2.45) is 0 Å². The molecule has 132 valence electrons. The van der Waals surface area contributed by atoms with Crippen LogP contribution in [0.3, 0.4) is 0 Å². The smallest absolute Gasteiger partial charge is 0.355 e. The van der Waals surface area contributed by atoms with Crippen molar-refractivity contribution in [2.75, 3.05) is 7.11 Å². The predicted molar refractivity (Wildman–Crippen MR) is 86.9 cm³/mol. The number of aryl methyl sites for hydroxylation is 1. The maximum atomic E-state index is 12.3. The fourth-order valence-electron chi connectivity index (χ4n) is 3.02. The molecule has 1 aliphatic carbocycles. The predicted octanol–water partition coefficient (Wildman–Crippen LogP) is 2.02. The number of hydrogen-bond acceptors (Lipinski definition) is 5. The van der Waals surface area contributed by atoms with Crippen molar-refractivity contribution in [3.05, 3.63) is 22.5 Å². The van der Waals surface area contributed by atoms with E-state index in [9.17, 15) is 14.4 Å². The molecule has 0 bridgehead atoms. The lowest BCUT2D eigenvalue weighted by molar-refractivity contribution is -0.129. The standard InChI is InChI=1S/C17H24N2O5/c1-9-13(16(21)23-4)10(2)18-14(9)17(22)24-11(3)15(20)19-12-7-5-6-8-12/h11-12,18H,5-8H2,1-4H3,(H,19,20)/t11-/m1/s1. The third-order valence-electron chi connectivity index (χ3n) is 4.39. The third-order valence-corrected chi connectivity index (χ3v) is 4.39. The molecule has 0 saturated heterocycles. The monoisotopic (exact) mass is 336 g/mol. The molecule has 7 nitrogen and oxygen atoms in total. The molecule has 1 saturated carbocycles. The van der Waals surface area contributed by atoms with Crippen molar-refractivity contribution < 1.29 is 23.9 Å². The van der Waals surface area contributed by atoms with Gasteiger partial charge in [-0.05, 0) is 39.2 Å².